The summed E-state index contributed by atoms with van der Waals surface area (Å²) in [6.45, 7) is 5.61. The molecule has 18 heavy (non-hydrogen) atoms. The van der Waals surface area contributed by atoms with Crippen LogP contribution >= 0.6 is 0 Å². The number of nitrogens with one attached hydrogen (secondary N) is 1. The lowest BCUT2D eigenvalue weighted by molar-refractivity contribution is 0.0446. The average molecular weight is 249 g/mol. The summed E-state index contributed by atoms with van der Waals surface area (Å²) < 4.78 is 10.6. The van der Waals surface area contributed by atoms with Crippen molar-refractivity contribution < 1.29 is 9.47 Å². The number of rotatable bonds is 5. The molecular formula is C15H23NO2. The molecule has 0 bridgehead atoms. The van der Waals surface area contributed by atoms with Crippen molar-refractivity contribution in [1.29, 1.82) is 0 Å². The van der Waals surface area contributed by atoms with Gasteiger partial charge in [0.2, 0.25) is 0 Å². The van der Waals surface area contributed by atoms with Gasteiger partial charge in [-0.3, -0.25) is 0 Å². The van der Waals surface area contributed by atoms with E-state index in [2.05, 4.69) is 36.5 Å². The van der Waals surface area contributed by atoms with Gasteiger partial charge in [0.25, 0.3) is 0 Å². The summed E-state index contributed by atoms with van der Waals surface area (Å²) in [7, 11) is 1.73. The fourth-order valence-electron chi connectivity index (χ4n) is 2.31. The van der Waals surface area contributed by atoms with Gasteiger partial charge in [-0.05, 0) is 30.9 Å². The molecule has 0 aliphatic carbocycles. The molecule has 1 aliphatic heterocycles. The van der Waals surface area contributed by atoms with Crippen LogP contribution in [0.4, 0.5) is 0 Å². The molecule has 1 N–H and O–H groups in total. The standard InChI is InChI=1S/C15H23NO2/c1-15(6-8-18-9-7-15)16-11-13-4-3-5-14(10-13)12-17-2/h3-5,10,16H,6-9,11-12H2,1-2H3. The Morgan fingerprint density at radius 1 is 1.28 bits per heavy atom. The summed E-state index contributed by atoms with van der Waals surface area (Å²) in [6, 6.07) is 8.56. The zero-order chi connectivity index (χ0) is 12.8. The van der Waals surface area contributed by atoms with Crippen molar-refractivity contribution in [2.24, 2.45) is 0 Å². The van der Waals surface area contributed by atoms with E-state index in [4.69, 9.17) is 9.47 Å². The second-order valence-electron chi connectivity index (χ2n) is 5.28. The minimum Gasteiger partial charge on any atom is -0.381 e. The number of hydrogen-bond acceptors (Lipinski definition) is 3. The Kier molecular flexibility index (Phi) is 4.75. The van der Waals surface area contributed by atoms with Crippen LogP contribution < -0.4 is 5.32 Å². The summed E-state index contributed by atoms with van der Waals surface area (Å²) >= 11 is 0. The molecule has 0 radical (unpaired) electrons. The molecule has 1 saturated heterocycles. The Morgan fingerprint density at radius 3 is 2.72 bits per heavy atom. The van der Waals surface area contributed by atoms with Crippen molar-refractivity contribution in [3.8, 4) is 0 Å². The van der Waals surface area contributed by atoms with Crippen molar-refractivity contribution in [3.63, 3.8) is 0 Å². The molecule has 1 aromatic rings. The van der Waals surface area contributed by atoms with Crippen molar-refractivity contribution in [2.75, 3.05) is 20.3 Å². The quantitative estimate of drug-likeness (QED) is 0.869. The molecule has 2 rings (SSSR count). The Bertz CT molecular complexity index is 373. The summed E-state index contributed by atoms with van der Waals surface area (Å²) in [5, 5.41) is 3.66. The van der Waals surface area contributed by atoms with Crippen molar-refractivity contribution in [1.82, 2.24) is 5.32 Å². The van der Waals surface area contributed by atoms with Crippen LogP contribution in [0.1, 0.15) is 30.9 Å². The van der Waals surface area contributed by atoms with Gasteiger partial charge in [0, 0.05) is 32.4 Å². The van der Waals surface area contributed by atoms with Gasteiger partial charge in [0.1, 0.15) is 0 Å². The van der Waals surface area contributed by atoms with E-state index in [0.717, 1.165) is 32.6 Å². The first-order chi connectivity index (χ1) is 8.72. The van der Waals surface area contributed by atoms with Crippen molar-refractivity contribution in [3.05, 3.63) is 35.4 Å². The topological polar surface area (TPSA) is 30.5 Å². The first-order valence-corrected chi connectivity index (χ1v) is 6.61. The molecule has 0 aromatic heterocycles. The van der Waals surface area contributed by atoms with Gasteiger partial charge in [0.05, 0.1) is 6.61 Å². The SMILES string of the molecule is COCc1cccc(CNC2(C)CCOCC2)c1. The smallest absolute Gasteiger partial charge is 0.0713 e. The highest BCUT2D eigenvalue weighted by atomic mass is 16.5. The highest BCUT2D eigenvalue weighted by Gasteiger charge is 2.26. The lowest BCUT2D eigenvalue weighted by atomic mass is 9.92. The fourth-order valence-corrected chi connectivity index (χ4v) is 2.31. The molecule has 1 aliphatic rings. The predicted octanol–water partition coefficient (Wildman–Crippen LogP) is 2.49. The highest BCUT2D eigenvalue weighted by molar-refractivity contribution is 5.23. The largest absolute Gasteiger partial charge is 0.381 e. The van der Waals surface area contributed by atoms with Crippen LogP contribution in [0.25, 0.3) is 0 Å². The maximum Gasteiger partial charge on any atom is 0.0713 e. The van der Waals surface area contributed by atoms with Crippen molar-refractivity contribution >= 4 is 0 Å². The van der Waals surface area contributed by atoms with Gasteiger partial charge in [-0.1, -0.05) is 24.3 Å². The molecule has 1 fully saturated rings. The number of methoxy groups -OCH3 is 1. The monoisotopic (exact) mass is 249 g/mol. The normalized spacial score (nSPS) is 18.8. The molecule has 0 saturated carbocycles. The fraction of sp³-hybridized carbons (Fsp3) is 0.600. The van der Waals surface area contributed by atoms with Gasteiger partial charge in [-0.15, -0.1) is 0 Å². The lowest BCUT2D eigenvalue weighted by Crippen LogP contribution is -2.46. The molecule has 0 spiro atoms. The molecule has 3 heteroatoms. The van der Waals surface area contributed by atoms with Gasteiger partial charge in [-0.25, -0.2) is 0 Å². The molecule has 100 valence electrons. The molecule has 0 amide bonds. The van der Waals surface area contributed by atoms with Gasteiger partial charge in [-0.2, -0.15) is 0 Å². The molecule has 1 aromatic carbocycles. The van der Waals surface area contributed by atoms with E-state index in [0.29, 0.717) is 6.61 Å². The van der Waals surface area contributed by atoms with E-state index in [9.17, 15) is 0 Å². The number of hydrogen-bond donors (Lipinski definition) is 1. The van der Waals surface area contributed by atoms with E-state index in [-0.39, 0.29) is 5.54 Å². The minimum atomic E-state index is 0.218. The van der Waals surface area contributed by atoms with Crippen LogP contribution in [0.15, 0.2) is 24.3 Å². The van der Waals surface area contributed by atoms with E-state index >= 15 is 0 Å². The summed E-state index contributed by atoms with van der Waals surface area (Å²) in [4.78, 5) is 0. The third kappa shape index (κ3) is 3.80. The Labute approximate surface area is 109 Å². The van der Waals surface area contributed by atoms with Crippen LogP contribution in [0, 0.1) is 0 Å². The predicted molar refractivity (Wildman–Crippen MR) is 72.5 cm³/mol. The second kappa shape index (κ2) is 6.32. The summed E-state index contributed by atoms with van der Waals surface area (Å²) in [6.07, 6.45) is 2.18. The lowest BCUT2D eigenvalue weighted by Gasteiger charge is -2.34. The zero-order valence-electron chi connectivity index (χ0n) is 11.4. The van der Waals surface area contributed by atoms with Crippen LogP contribution in [-0.4, -0.2) is 25.9 Å². The van der Waals surface area contributed by atoms with Gasteiger partial charge >= 0.3 is 0 Å². The van der Waals surface area contributed by atoms with E-state index in [1.807, 2.05) is 0 Å². The second-order valence-corrected chi connectivity index (χ2v) is 5.28. The summed E-state index contributed by atoms with van der Waals surface area (Å²) in [5.74, 6) is 0. The maximum atomic E-state index is 5.41. The third-order valence-corrected chi connectivity index (χ3v) is 3.62. The zero-order valence-corrected chi connectivity index (χ0v) is 11.4. The van der Waals surface area contributed by atoms with E-state index in [1.165, 1.54) is 11.1 Å². The molecule has 3 nitrogen and oxygen atoms in total. The van der Waals surface area contributed by atoms with Crippen molar-refractivity contribution in [2.45, 2.75) is 38.5 Å². The van der Waals surface area contributed by atoms with Crippen LogP contribution in [0.2, 0.25) is 0 Å². The van der Waals surface area contributed by atoms with Gasteiger partial charge < -0.3 is 14.8 Å². The van der Waals surface area contributed by atoms with E-state index in [1.54, 1.807) is 7.11 Å². The van der Waals surface area contributed by atoms with Gasteiger partial charge in [0.15, 0.2) is 0 Å². The van der Waals surface area contributed by atoms with Crippen LogP contribution in [0.5, 0.6) is 0 Å². The molecular weight excluding hydrogens is 226 g/mol. The molecule has 0 unspecified atom stereocenters. The van der Waals surface area contributed by atoms with Crippen LogP contribution in [0.3, 0.4) is 0 Å². The average Bonchev–Trinajstić information content (AvgIpc) is 2.38. The Hall–Kier alpha value is -0.900. The molecule has 1 heterocycles. The van der Waals surface area contributed by atoms with E-state index < -0.39 is 0 Å². The first-order valence-electron chi connectivity index (χ1n) is 6.61. The maximum absolute atomic E-state index is 5.41. The number of ether oxygens (including phenoxy) is 2. The Morgan fingerprint density at radius 2 is 2.00 bits per heavy atom. The van der Waals surface area contributed by atoms with Crippen LogP contribution in [-0.2, 0) is 22.6 Å². The number of benzene rings is 1. The third-order valence-electron chi connectivity index (χ3n) is 3.62. The minimum absolute atomic E-state index is 0.218. The summed E-state index contributed by atoms with van der Waals surface area (Å²) in [5.41, 5.74) is 2.77. The highest BCUT2D eigenvalue weighted by Crippen LogP contribution is 2.20. The molecule has 0 atom stereocenters. The first kappa shape index (κ1) is 13.5. The Balaban J connectivity index is 1.90.